The van der Waals surface area contributed by atoms with Crippen LogP contribution in [0.4, 0.5) is 16.3 Å². The SMILES string of the molecule is Cc1ccc(-n2nc(C)c(-c3ccccc3)c2NC(=O)CN(CC(C)C)C(=O)Nc2cccc(Br)c2)cc1. The second-order valence-electron chi connectivity index (χ2n) is 9.69. The minimum Gasteiger partial charge on any atom is -0.315 e. The van der Waals surface area contributed by atoms with E-state index in [-0.39, 0.29) is 24.4 Å². The maximum Gasteiger partial charge on any atom is 0.322 e. The number of halogens is 1. The second kappa shape index (κ2) is 12.1. The third-order valence-electron chi connectivity index (χ3n) is 5.94. The van der Waals surface area contributed by atoms with Crippen LogP contribution in [0.1, 0.15) is 25.1 Å². The van der Waals surface area contributed by atoms with Crippen LogP contribution < -0.4 is 10.6 Å². The number of rotatable bonds is 8. The molecule has 0 spiro atoms. The summed E-state index contributed by atoms with van der Waals surface area (Å²) < 4.78 is 2.61. The molecule has 2 N–H and O–H groups in total. The van der Waals surface area contributed by atoms with Crippen molar-refractivity contribution in [1.29, 1.82) is 0 Å². The summed E-state index contributed by atoms with van der Waals surface area (Å²) in [5, 5.41) is 10.7. The smallest absolute Gasteiger partial charge is 0.315 e. The first kappa shape index (κ1) is 27.1. The molecule has 4 aromatic rings. The van der Waals surface area contributed by atoms with Gasteiger partial charge in [0.1, 0.15) is 12.4 Å². The molecule has 0 aliphatic heterocycles. The van der Waals surface area contributed by atoms with E-state index >= 15 is 0 Å². The summed E-state index contributed by atoms with van der Waals surface area (Å²) in [5.41, 5.74) is 5.20. The number of carbonyl (C=O) groups is 2. The molecule has 0 radical (unpaired) electrons. The van der Waals surface area contributed by atoms with Gasteiger partial charge in [0.25, 0.3) is 0 Å². The molecule has 7 nitrogen and oxygen atoms in total. The van der Waals surface area contributed by atoms with E-state index < -0.39 is 0 Å². The van der Waals surface area contributed by atoms with Gasteiger partial charge in [-0.15, -0.1) is 0 Å². The van der Waals surface area contributed by atoms with Crippen molar-refractivity contribution in [2.45, 2.75) is 27.7 Å². The number of benzene rings is 3. The van der Waals surface area contributed by atoms with E-state index in [0.29, 0.717) is 18.1 Å². The highest BCUT2D eigenvalue weighted by Crippen LogP contribution is 2.33. The second-order valence-corrected chi connectivity index (χ2v) is 10.6. The number of anilines is 2. The molecule has 0 fully saturated rings. The largest absolute Gasteiger partial charge is 0.322 e. The molecule has 3 amide bonds. The van der Waals surface area contributed by atoms with Gasteiger partial charge in [0.15, 0.2) is 0 Å². The average molecular weight is 575 g/mol. The minimum atomic E-state index is -0.335. The number of urea groups is 1. The number of nitrogens with one attached hydrogen (secondary N) is 2. The highest BCUT2D eigenvalue weighted by molar-refractivity contribution is 9.10. The van der Waals surface area contributed by atoms with Gasteiger partial charge in [-0.25, -0.2) is 9.48 Å². The Balaban J connectivity index is 1.63. The van der Waals surface area contributed by atoms with Crippen molar-refractivity contribution in [2.75, 3.05) is 23.7 Å². The number of hydrogen-bond donors (Lipinski definition) is 2. The fraction of sp³-hybridized carbons (Fsp3) is 0.233. The standard InChI is InChI=1S/C30H32BrN5O2/c1-20(2)18-35(30(38)32-25-12-8-11-24(31)17-25)19-27(37)33-29-28(23-9-6-5-7-10-23)22(4)34-36(29)26-15-13-21(3)14-16-26/h5-17,20H,18-19H2,1-4H3,(H,32,38)(H,33,37). The number of carbonyl (C=O) groups excluding carboxylic acids is 2. The van der Waals surface area contributed by atoms with Gasteiger partial charge < -0.3 is 15.5 Å². The van der Waals surface area contributed by atoms with Gasteiger partial charge in [0, 0.05) is 22.3 Å². The molecule has 0 bridgehead atoms. The lowest BCUT2D eigenvalue weighted by molar-refractivity contribution is -0.116. The molecule has 0 saturated heterocycles. The molecule has 3 aromatic carbocycles. The van der Waals surface area contributed by atoms with E-state index in [1.807, 2.05) is 107 Å². The summed E-state index contributed by atoms with van der Waals surface area (Å²) in [6, 6.07) is 24.9. The number of amides is 3. The quantitative estimate of drug-likeness (QED) is 0.237. The first-order chi connectivity index (χ1) is 18.2. The normalized spacial score (nSPS) is 10.9. The number of aromatic nitrogens is 2. The molecule has 0 aliphatic carbocycles. The van der Waals surface area contributed by atoms with E-state index in [1.165, 1.54) is 4.90 Å². The molecule has 196 valence electrons. The van der Waals surface area contributed by atoms with E-state index in [2.05, 4.69) is 26.6 Å². The van der Waals surface area contributed by atoms with E-state index in [0.717, 1.165) is 32.5 Å². The topological polar surface area (TPSA) is 79.3 Å². The van der Waals surface area contributed by atoms with Gasteiger partial charge in [-0.3, -0.25) is 4.79 Å². The average Bonchev–Trinajstić information content (AvgIpc) is 3.19. The zero-order valence-corrected chi connectivity index (χ0v) is 23.6. The van der Waals surface area contributed by atoms with E-state index in [9.17, 15) is 9.59 Å². The summed E-state index contributed by atoms with van der Waals surface area (Å²) in [7, 11) is 0. The van der Waals surface area contributed by atoms with Gasteiger partial charge in [-0.05, 0) is 55.7 Å². The molecule has 4 rings (SSSR count). The molecule has 1 heterocycles. The summed E-state index contributed by atoms with van der Waals surface area (Å²) in [6.45, 7) is 8.30. The molecule has 8 heteroatoms. The van der Waals surface area contributed by atoms with Crippen LogP contribution in [0.15, 0.2) is 83.3 Å². The van der Waals surface area contributed by atoms with Crippen molar-refractivity contribution >= 4 is 39.4 Å². The Morgan fingerprint density at radius 2 is 1.66 bits per heavy atom. The monoisotopic (exact) mass is 573 g/mol. The molecule has 38 heavy (non-hydrogen) atoms. The van der Waals surface area contributed by atoms with Crippen molar-refractivity contribution in [1.82, 2.24) is 14.7 Å². The Labute approximate surface area is 232 Å². The molecule has 0 aliphatic rings. The lowest BCUT2D eigenvalue weighted by Gasteiger charge is -2.24. The Kier molecular flexibility index (Phi) is 8.63. The van der Waals surface area contributed by atoms with Crippen molar-refractivity contribution in [2.24, 2.45) is 5.92 Å². The lowest BCUT2D eigenvalue weighted by Crippen LogP contribution is -2.42. The Morgan fingerprint density at radius 3 is 2.32 bits per heavy atom. The highest BCUT2D eigenvalue weighted by atomic mass is 79.9. The van der Waals surface area contributed by atoms with Crippen LogP contribution in [-0.4, -0.2) is 39.7 Å². The van der Waals surface area contributed by atoms with Crippen molar-refractivity contribution < 1.29 is 9.59 Å². The van der Waals surface area contributed by atoms with Crippen LogP contribution in [0.5, 0.6) is 0 Å². The van der Waals surface area contributed by atoms with Crippen LogP contribution in [0.25, 0.3) is 16.8 Å². The van der Waals surface area contributed by atoms with Crippen LogP contribution in [0.2, 0.25) is 0 Å². The molecule has 0 unspecified atom stereocenters. The highest BCUT2D eigenvalue weighted by Gasteiger charge is 2.23. The Hall–Kier alpha value is -3.91. The van der Waals surface area contributed by atoms with Gasteiger partial charge in [-0.2, -0.15) is 5.10 Å². The first-order valence-electron chi connectivity index (χ1n) is 12.5. The van der Waals surface area contributed by atoms with Crippen LogP contribution in [-0.2, 0) is 4.79 Å². The van der Waals surface area contributed by atoms with Crippen molar-refractivity contribution in [3.05, 3.63) is 94.6 Å². The van der Waals surface area contributed by atoms with Crippen LogP contribution >= 0.6 is 15.9 Å². The lowest BCUT2D eigenvalue weighted by atomic mass is 10.1. The molecular formula is C30H32BrN5O2. The molecule has 0 atom stereocenters. The number of hydrogen-bond acceptors (Lipinski definition) is 3. The zero-order chi connectivity index (χ0) is 27.2. The van der Waals surface area contributed by atoms with Gasteiger partial charge >= 0.3 is 6.03 Å². The molecular weight excluding hydrogens is 542 g/mol. The number of aryl methyl sites for hydroxylation is 2. The van der Waals surface area contributed by atoms with Crippen LogP contribution in [0.3, 0.4) is 0 Å². The summed E-state index contributed by atoms with van der Waals surface area (Å²) in [5.74, 6) is 0.441. The van der Waals surface area contributed by atoms with Crippen molar-refractivity contribution in [3.63, 3.8) is 0 Å². The zero-order valence-electron chi connectivity index (χ0n) is 22.0. The number of nitrogens with zero attached hydrogens (tertiary/aromatic N) is 3. The van der Waals surface area contributed by atoms with Gasteiger partial charge in [0.05, 0.1) is 11.4 Å². The summed E-state index contributed by atoms with van der Waals surface area (Å²) in [6.07, 6.45) is 0. The fourth-order valence-corrected chi connectivity index (χ4v) is 4.64. The van der Waals surface area contributed by atoms with Gasteiger partial charge in [0.2, 0.25) is 5.91 Å². The minimum absolute atomic E-state index is 0.107. The third kappa shape index (κ3) is 6.69. The maximum atomic E-state index is 13.5. The third-order valence-corrected chi connectivity index (χ3v) is 6.44. The Morgan fingerprint density at radius 1 is 0.947 bits per heavy atom. The van der Waals surface area contributed by atoms with Crippen LogP contribution in [0, 0.1) is 19.8 Å². The fourth-order valence-electron chi connectivity index (χ4n) is 4.24. The first-order valence-corrected chi connectivity index (χ1v) is 13.3. The predicted octanol–water partition coefficient (Wildman–Crippen LogP) is 7.05. The van der Waals surface area contributed by atoms with E-state index in [4.69, 9.17) is 5.10 Å². The maximum absolute atomic E-state index is 13.5. The van der Waals surface area contributed by atoms with Gasteiger partial charge in [-0.1, -0.05) is 83.9 Å². The predicted molar refractivity (Wildman–Crippen MR) is 157 cm³/mol. The summed E-state index contributed by atoms with van der Waals surface area (Å²) >= 11 is 3.43. The van der Waals surface area contributed by atoms with Crippen molar-refractivity contribution in [3.8, 4) is 16.8 Å². The Bertz CT molecular complexity index is 1410. The molecule has 1 aromatic heterocycles. The van der Waals surface area contributed by atoms with E-state index in [1.54, 1.807) is 4.68 Å². The molecule has 0 saturated carbocycles. The summed E-state index contributed by atoms with van der Waals surface area (Å²) in [4.78, 5) is 28.2.